The summed E-state index contributed by atoms with van der Waals surface area (Å²) in [6.07, 6.45) is 0. The van der Waals surface area contributed by atoms with Crippen LogP contribution in [0.3, 0.4) is 0 Å². The Hall–Kier alpha value is -2.23. The van der Waals surface area contributed by atoms with Crippen molar-refractivity contribution in [2.24, 2.45) is 7.05 Å². The zero-order chi connectivity index (χ0) is 13.7. The van der Waals surface area contributed by atoms with Crippen LogP contribution in [0.4, 0.5) is 10.6 Å². The minimum atomic E-state index is -0.140. The number of urea groups is 1. The summed E-state index contributed by atoms with van der Waals surface area (Å²) in [7, 11) is 5.14. The van der Waals surface area contributed by atoms with Crippen LogP contribution < -0.4 is 10.6 Å². The molecule has 98 valence electrons. The third-order valence-corrected chi connectivity index (χ3v) is 2.43. The maximum absolute atomic E-state index is 11.3. The molecule has 0 aliphatic heterocycles. The highest BCUT2D eigenvalue weighted by Gasteiger charge is 2.11. The van der Waals surface area contributed by atoms with Crippen LogP contribution in [0.1, 0.15) is 11.3 Å². The van der Waals surface area contributed by atoms with Crippen LogP contribution in [-0.2, 0) is 7.05 Å². The molecule has 0 aromatic carbocycles. The summed E-state index contributed by atoms with van der Waals surface area (Å²) in [5.74, 6) is 0.675. The molecule has 1 aromatic heterocycles. The van der Waals surface area contributed by atoms with E-state index in [1.54, 1.807) is 32.7 Å². The Labute approximate surface area is 106 Å². The summed E-state index contributed by atoms with van der Waals surface area (Å²) < 4.78 is 1.63. The Morgan fingerprint density at radius 3 is 2.72 bits per heavy atom. The number of aryl methyl sites for hydroxylation is 2. The first-order valence-electron chi connectivity index (χ1n) is 5.60. The van der Waals surface area contributed by atoms with Crippen molar-refractivity contribution in [3.63, 3.8) is 0 Å². The number of carbonyl (C=O) groups is 1. The number of nitrogens with one attached hydrogen (secondary N) is 2. The Morgan fingerprint density at radius 1 is 1.50 bits per heavy atom. The van der Waals surface area contributed by atoms with E-state index in [9.17, 15) is 4.79 Å². The lowest BCUT2D eigenvalue weighted by Gasteiger charge is -2.12. The van der Waals surface area contributed by atoms with Crippen molar-refractivity contribution in [1.82, 2.24) is 20.0 Å². The molecule has 2 N–H and O–H groups in total. The topological polar surface area (TPSA) is 86.0 Å². The number of aromatic nitrogens is 2. The van der Waals surface area contributed by atoms with Gasteiger partial charge in [0.1, 0.15) is 17.5 Å². The maximum Gasteiger partial charge on any atom is 0.316 e. The molecule has 0 bridgehead atoms. The van der Waals surface area contributed by atoms with Crippen molar-refractivity contribution in [3.05, 3.63) is 11.3 Å². The van der Waals surface area contributed by atoms with Crippen LogP contribution in [0.5, 0.6) is 0 Å². The number of carbonyl (C=O) groups excluding carboxylic acids is 1. The smallest absolute Gasteiger partial charge is 0.316 e. The molecule has 1 heterocycles. The van der Waals surface area contributed by atoms with E-state index in [4.69, 9.17) is 5.26 Å². The van der Waals surface area contributed by atoms with E-state index in [1.807, 2.05) is 0 Å². The Kier molecular flexibility index (Phi) is 4.54. The molecule has 0 aliphatic carbocycles. The molecule has 0 fully saturated rings. The predicted octanol–water partition coefficient (Wildman–Crippen LogP) is 0.283. The highest BCUT2D eigenvalue weighted by Crippen LogP contribution is 2.16. The molecular formula is C11H18N6O. The van der Waals surface area contributed by atoms with Crippen molar-refractivity contribution in [3.8, 4) is 6.07 Å². The molecule has 0 aliphatic rings. The first kappa shape index (κ1) is 13.8. The van der Waals surface area contributed by atoms with Crippen molar-refractivity contribution < 1.29 is 4.79 Å². The minimum Gasteiger partial charge on any atom is -0.367 e. The highest BCUT2D eigenvalue weighted by atomic mass is 16.2. The lowest BCUT2D eigenvalue weighted by molar-refractivity contribution is 0.218. The first-order chi connectivity index (χ1) is 8.47. The summed E-state index contributed by atoms with van der Waals surface area (Å²) in [4.78, 5) is 12.7. The molecule has 7 nitrogen and oxygen atoms in total. The average molecular weight is 250 g/mol. The first-order valence-corrected chi connectivity index (χ1v) is 5.60. The summed E-state index contributed by atoms with van der Waals surface area (Å²) in [6, 6.07) is 1.97. The maximum atomic E-state index is 11.3. The summed E-state index contributed by atoms with van der Waals surface area (Å²) >= 11 is 0. The average Bonchev–Trinajstić information content (AvgIpc) is 2.58. The van der Waals surface area contributed by atoms with Gasteiger partial charge in [0, 0.05) is 34.2 Å². The zero-order valence-electron chi connectivity index (χ0n) is 11.1. The fourth-order valence-electron chi connectivity index (χ4n) is 1.50. The standard InChI is InChI=1S/C11H18N6O/c1-8-9(7-12)10(17(4)15-8)13-5-6-14-11(18)16(2)3/h13H,5-6H2,1-4H3,(H,14,18). The number of nitrogens with zero attached hydrogens (tertiary/aromatic N) is 4. The van der Waals surface area contributed by atoms with Crippen LogP contribution in [0.25, 0.3) is 0 Å². The van der Waals surface area contributed by atoms with E-state index >= 15 is 0 Å². The molecule has 2 amide bonds. The fraction of sp³-hybridized carbons (Fsp3) is 0.545. The largest absolute Gasteiger partial charge is 0.367 e. The summed E-state index contributed by atoms with van der Waals surface area (Å²) in [5, 5.41) is 19.0. The van der Waals surface area contributed by atoms with Crippen molar-refractivity contribution in [1.29, 1.82) is 5.26 Å². The molecular weight excluding hydrogens is 232 g/mol. The lowest BCUT2D eigenvalue weighted by Crippen LogP contribution is -2.37. The molecule has 0 radical (unpaired) electrons. The second kappa shape index (κ2) is 5.91. The second-order valence-corrected chi connectivity index (χ2v) is 4.10. The summed E-state index contributed by atoms with van der Waals surface area (Å²) in [6.45, 7) is 2.80. The normalized spacial score (nSPS) is 9.72. The number of rotatable bonds is 4. The van der Waals surface area contributed by atoms with Gasteiger partial charge in [-0.2, -0.15) is 10.4 Å². The molecule has 1 aromatic rings. The van der Waals surface area contributed by atoms with Gasteiger partial charge in [-0.3, -0.25) is 4.68 Å². The molecule has 0 atom stereocenters. The number of amides is 2. The predicted molar refractivity (Wildman–Crippen MR) is 68.2 cm³/mol. The number of hydrogen-bond donors (Lipinski definition) is 2. The molecule has 7 heteroatoms. The van der Waals surface area contributed by atoms with E-state index in [1.165, 1.54) is 4.90 Å². The van der Waals surface area contributed by atoms with Gasteiger partial charge in [-0.15, -0.1) is 0 Å². The third-order valence-electron chi connectivity index (χ3n) is 2.43. The van der Waals surface area contributed by atoms with Crippen molar-refractivity contribution in [2.75, 3.05) is 32.5 Å². The molecule has 0 unspecified atom stereocenters. The van der Waals surface area contributed by atoms with Gasteiger partial charge in [-0.1, -0.05) is 0 Å². The van der Waals surface area contributed by atoms with Gasteiger partial charge in [0.05, 0.1) is 5.69 Å². The second-order valence-electron chi connectivity index (χ2n) is 4.10. The number of hydrogen-bond acceptors (Lipinski definition) is 4. The summed E-state index contributed by atoms with van der Waals surface area (Å²) in [5.41, 5.74) is 1.23. The van der Waals surface area contributed by atoms with E-state index in [0.29, 0.717) is 30.2 Å². The molecule has 0 saturated heterocycles. The van der Waals surface area contributed by atoms with Gasteiger partial charge in [-0.05, 0) is 6.92 Å². The number of anilines is 1. The van der Waals surface area contributed by atoms with E-state index in [-0.39, 0.29) is 6.03 Å². The van der Waals surface area contributed by atoms with Gasteiger partial charge >= 0.3 is 6.03 Å². The van der Waals surface area contributed by atoms with E-state index in [2.05, 4.69) is 21.8 Å². The van der Waals surface area contributed by atoms with E-state index < -0.39 is 0 Å². The van der Waals surface area contributed by atoms with E-state index in [0.717, 1.165) is 0 Å². The SMILES string of the molecule is Cc1nn(C)c(NCCNC(=O)N(C)C)c1C#N. The molecule has 18 heavy (non-hydrogen) atoms. The fourth-order valence-corrected chi connectivity index (χ4v) is 1.50. The zero-order valence-corrected chi connectivity index (χ0v) is 11.1. The van der Waals surface area contributed by atoms with Crippen LogP contribution in [-0.4, -0.2) is 47.9 Å². The molecule has 1 rings (SSSR count). The Balaban J connectivity index is 2.50. The van der Waals surface area contributed by atoms with Crippen LogP contribution in [0.15, 0.2) is 0 Å². The van der Waals surface area contributed by atoms with Crippen LogP contribution in [0.2, 0.25) is 0 Å². The minimum absolute atomic E-state index is 0.140. The van der Waals surface area contributed by atoms with Crippen molar-refractivity contribution in [2.45, 2.75) is 6.92 Å². The van der Waals surface area contributed by atoms with Gasteiger partial charge < -0.3 is 15.5 Å². The molecule has 0 saturated carbocycles. The van der Waals surface area contributed by atoms with Gasteiger partial charge in [-0.25, -0.2) is 4.79 Å². The van der Waals surface area contributed by atoms with Gasteiger partial charge in [0.25, 0.3) is 0 Å². The van der Waals surface area contributed by atoms with Crippen LogP contribution >= 0.6 is 0 Å². The van der Waals surface area contributed by atoms with Crippen molar-refractivity contribution >= 4 is 11.8 Å². The third kappa shape index (κ3) is 3.13. The van der Waals surface area contributed by atoms with Crippen LogP contribution in [0, 0.1) is 18.3 Å². The molecule has 0 spiro atoms. The quantitative estimate of drug-likeness (QED) is 0.752. The lowest BCUT2D eigenvalue weighted by atomic mass is 10.2. The van der Waals surface area contributed by atoms with Gasteiger partial charge in [0.2, 0.25) is 0 Å². The Morgan fingerprint density at radius 2 is 2.17 bits per heavy atom. The highest BCUT2D eigenvalue weighted by molar-refractivity contribution is 5.73. The number of nitriles is 1. The van der Waals surface area contributed by atoms with Gasteiger partial charge in [0.15, 0.2) is 0 Å². The monoisotopic (exact) mass is 250 g/mol. The Bertz CT molecular complexity index is 471.